The molecule has 1 spiro atoms. The van der Waals surface area contributed by atoms with Crippen molar-refractivity contribution < 1.29 is 27.4 Å². The number of rotatable bonds is 8. The number of anilines is 3. The quantitative estimate of drug-likeness (QED) is 0.112. The van der Waals surface area contributed by atoms with Crippen LogP contribution < -0.4 is 25.6 Å². The molecule has 0 radical (unpaired) electrons. The third-order valence-electron chi connectivity index (χ3n) is 17.3. The van der Waals surface area contributed by atoms with E-state index in [2.05, 4.69) is 83.8 Å². The summed E-state index contributed by atoms with van der Waals surface area (Å²) in [5, 5.41) is 2.33. The van der Waals surface area contributed by atoms with E-state index in [4.69, 9.17) is 25.9 Å². The van der Waals surface area contributed by atoms with Gasteiger partial charge in [-0.1, -0.05) is 267 Å². The zero-order valence-corrected chi connectivity index (χ0v) is 46.7. The topological polar surface area (TPSA) is 51.8 Å². The highest BCUT2D eigenvalue weighted by molar-refractivity contribution is 7.20. The van der Waals surface area contributed by atoms with Crippen molar-refractivity contribution in [3.8, 4) is 34.4 Å². The first kappa shape index (κ1) is 33.3. The highest BCUT2D eigenvalue weighted by atomic mass is 28.3. The fourth-order valence-corrected chi connectivity index (χ4v) is 18.4. The Kier molecular flexibility index (Phi) is 7.32. The van der Waals surface area contributed by atoms with Gasteiger partial charge in [0.1, 0.15) is 0 Å². The van der Waals surface area contributed by atoms with E-state index < -0.39 is 201 Å². The molecule has 16 aromatic rings. The summed E-state index contributed by atoms with van der Waals surface area (Å²) in [6.07, 6.45) is 0. The van der Waals surface area contributed by atoms with Gasteiger partial charge in [0.15, 0.2) is 13.9 Å². The molecule has 3 aromatic heterocycles. The van der Waals surface area contributed by atoms with Gasteiger partial charge in [0.2, 0.25) is 11.9 Å². The predicted molar refractivity (Wildman–Crippen MR) is 361 cm³/mol. The fraction of sp³-hybridized carbons (Fsp3) is 0.0125. The Morgan fingerprint density at radius 2 is 0.862 bits per heavy atom. The van der Waals surface area contributed by atoms with Crippen molar-refractivity contribution >= 4 is 100 Å². The van der Waals surface area contributed by atoms with Gasteiger partial charge < -0.3 is 4.90 Å². The number of aromatic nitrogens is 5. The van der Waals surface area contributed by atoms with Crippen molar-refractivity contribution in [2.24, 2.45) is 0 Å². The first-order chi connectivity index (χ1) is 51.5. The van der Waals surface area contributed by atoms with E-state index in [1.807, 2.05) is 115 Å². The molecule has 0 amide bonds. The van der Waals surface area contributed by atoms with E-state index in [0.29, 0.717) is 15.6 Å². The standard InChI is InChI=1S/C80H52N6Si/c1-4-27-55(28-5-1)84-74-46-23-18-41-67(74)80(66-40-17-12-39-65(66)76-60-34-11-10-25-53(60)47-49-69(76)80)68-50-48-59(52-75(68)84)87(56-29-6-2-7-30-56,57-31-8-3-9-32-57)58-33-24-26-54(51-58)77-81-78(85-70-42-19-13-35-61(70)62-36-14-20-43-71(62)85)83-79(82-77)86-72-44-21-15-37-63(72)64-38-16-22-45-73(64)86/h1-52H/i13D,14D,15D,16D,19D,20D,21D,22D,24D,26D,33D,35D,36D,37D,38D,42D,43D,44D,45D,51D. The summed E-state index contributed by atoms with van der Waals surface area (Å²) >= 11 is 0. The van der Waals surface area contributed by atoms with Gasteiger partial charge in [0.05, 0.1) is 66.3 Å². The van der Waals surface area contributed by atoms with E-state index in [1.165, 1.54) is 0 Å². The Morgan fingerprint density at radius 1 is 0.356 bits per heavy atom. The summed E-state index contributed by atoms with van der Waals surface area (Å²) in [6.45, 7) is 0. The lowest BCUT2D eigenvalue weighted by molar-refractivity contribution is 0.753. The molecule has 0 N–H and O–H groups in total. The van der Waals surface area contributed by atoms with E-state index in [9.17, 15) is 16.4 Å². The Hall–Kier alpha value is -11.3. The Bertz CT molecular complexity index is 6300. The largest absolute Gasteiger partial charge is 0.310 e. The van der Waals surface area contributed by atoms with Gasteiger partial charge in [-0.3, -0.25) is 9.13 Å². The van der Waals surface area contributed by atoms with Crippen LogP contribution in [0.1, 0.15) is 49.7 Å². The highest BCUT2D eigenvalue weighted by Crippen LogP contribution is 2.64. The minimum atomic E-state index is -4.52. The van der Waals surface area contributed by atoms with E-state index in [-0.39, 0.29) is 5.19 Å². The van der Waals surface area contributed by atoms with Gasteiger partial charge in [-0.2, -0.15) is 15.0 Å². The van der Waals surface area contributed by atoms with Crippen LogP contribution >= 0.6 is 0 Å². The first-order valence-corrected chi connectivity index (χ1v) is 30.2. The number of hydrogen-bond donors (Lipinski definition) is 0. The molecule has 1 atom stereocenters. The summed E-state index contributed by atoms with van der Waals surface area (Å²) in [7, 11) is -4.52. The summed E-state index contributed by atoms with van der Waals surface area (Å²) in [6, 6.07) is 49.6. The van der Waals surface area contributed by atoms with Crippen LogP contribution in [0.3, 0.4) is 0 Å². The second-order valence-corrected chi connectivity index (χ2v) is 25.2. The first-order valence-electron chi connectivity index (χ1n) is 38.2. The molecule has 2 aliphatic rings. The van der Waals surface area contributed by atoms with Crippen LogP contribution in [0.15, 0.2) is 315 Å². The van der Waals surface area contributed by atoms with Crippen LogP contribution in [-0.2, 0) is 5.41 Å². The molecule has 18 rings (SSSR count). The summed E-state index contributed by atoms with van der Waals surface area (Å²) in [4.78, 5) is 17.1. The lowest BCUT2D eigenvalue weighted by atomic mass is 9.64. The Labute approximate surface area is 532 Å². The highest BCUT2D eigenvalue weighted by Gasteiger charge is 2.53. The van der Waals surface area contributed by atoms with Crippen LogP contribution in [-0.4, -0.2) is 32.2 Å². The summed E-state index contributed by atoms with van der Waals surface area (Å²) in [5.74, 6) is -2.19. The van der Waals surface area contributed by atoms with E-state index in [0.717, 1.165) is 70.3 Å². The second-order valence-electron chi connectivity index (χ2n) is 21.5. The smallest absolute Gasteiger partial charge is 0.240 e. The van der Waals surface area contributed by atoms with Crippen molar-refractivity contribution in [3.63, 3.8) is 0 Å². The van der Waals surface area contributed by atoms with Crippen LogP contribution in [0.25, 0.3) is 88.8 Å². The maximum Gasteiger partial charge on any atom is 0.240 e. The number of para-hydroxylation sites is 6. The van der Waals surface area contributed by atoms with Crippen LogP contribution in [0.5, 0.6) is 0 Å². The van der Waals surface area contributed by atoms with Crippen molar-refractivity contribution in [3.05, 3.63) is 337 Å². The van der Waals surface area contributed by atoms with Gasteiger partial charge in [0, 0.05) is 32.8 Å². The molecular formula is C80H52N6Si. The lowest BCUT2D eigenvalue weighted by Crippen LogP contribution is -2.74. The Morgan fingerprint density at radius 3 is 1.48 bits per heavy atom. The molecule has 0 bridgehead atoms. The predicted octanol–water partition coefficient (Wildman–Crippen LogP) is 16.4. The molecule has 6 nitrogen and oxygen atoms in total. The molecule has 1 aliphatic carbocycles. The van der Waals surface area contributed by atoms with Crippen molar-refractivity contribution in [2.75, 3.05) is 4.90 Å². The molecule has 4 heterocycles. The molecule has 1 unspecified atom stereocenters. The SMILES string of the molecule is [2H]c1c([2H])c(-c2nc(-n3c4c([2H])c([2H])c([2H])c([2H])c4c4c([2H])c([2H])c([2H])c([2H])c43)nc(-n3c4c([2H])c([2H])c([2H])c([2H])c4c4c([2H])c([2H])c([2H])c([2H])c43)n2)c([2H])c([Si](c2ccccc2)(c2ccccc2)c2ccc3c(c2)N(c2ccccc2)c2ccccc2C32c3ccccc3-c3c2ccc2ccccc32)c1[2H]. The molecule has 1 aliphatic heterocycles. The number of fused-ring (bicyclic) bond motifs is 17. The molecule has 0 saturated heterocycles. The van der Waals surface area contributed by atoms with Gasteiger partial charge in [-0.05, 0) is 113 Å². The maximum atomic E-state index is 11.2. The molecule has 406 valence electrons. The minimum absolute atomic E-state index is 0.0465. The van der Waals surface area contributed by atoms with Gasteiger partial charge >= 0.3 is 0 Å². The summed E-state index contributed by atoms with van der Waals surface area (Å²) < 4.78 is 192. The zero-order chi connectivity index (χ0) is 74.6. The number of hydrogen-bond acceptors (Lipinski definition) is 4. The average molecular weight is 1150 g/mol. The van der Waals surface area contributed by atoms with Crippen LogP contribution in [0, 0.1) is 0 Å². The van der Waals surface area contributed by atoms with Gasteiger partial charge in [-0.25, -0.2) is 0 Å². The van der Waals surface area contributed by atoms with Gasteiger partial charge in [0.25, 0.3) is 0 Å². The van der Waals surface area contributed by atoms with Crippen molar-refractivity contribution in [2.45, 2.75) is 5.41 Å². The van der Waals surface area contributed by atoms with Gasteiger partial charge in [-0.15, -0.1) is 0 Å². The number of benzene rings is 13. The Balaban J connectivity index is 1.01. The molecule has 7 heteroatoms. The van der Waals surface area contributed by atoms with Crippen molar-refractivity contribution in [1.29, 1.82) is 0 Å². The van der Waals surface area contributed by atoms with E-state index >= 15 is 0 Å². The third-order valence-corrected chi connectivity index (χ3v) is 21.9. The van der Waals surface area contributed by atoms with Crippen LogP contribution in [0.2, 0.25) is 0 Å². The summed E-state index contributed by atoms with van der Waals surface area (Å²) in [5.41, 5.74) is 5.08. The molecule has 0 fully saturated rings. The normalized spacial score (nSPS) is 17.4. The van der Waals surface area contributed by atoms with Crippen LogP contribution in [0.4, 0.5) is 17.1 Å². The van der Waals surface area contributed by atoms with Crippen molar-refractivity contribution in [1.82, 2.24) is 24.1 Å². The van der Waals surface area contributed by atoms with E-state index in [1.54, 1.807) is 0 Å². The molecule has 0 saturated carbocycles. The minimum Gasteiger partial charge on any atom is -0.310 e. The molecule has 87 heavy (non-hydrogen) atoms. The second kappa shape index (κ2) is 19.1. The monoisotopic (exact) mass is 1140 g/mol. The fourth-order valence-electron chi connectivity index (χ4n) is 13.9. The average Bonchev–Trinajstić information content (AvgIpc) is 1.62. The lowest BCUT2D eigenvalue weighted by Gasteiger charge is -2.46. The number of nitrogens with zero attached hydrogens (tertiary/aromatic N) is 6. The molecular weight excluding hydrogens is 1070 g/mol. The maximum absolute atomic E-state index is 11.2. The third kappa shape index (κ3) is 7.00. The zero-order valence-electron chi connectivity index (χ0n) is 65.7. The molecule has 13 aromatic carbocycles.